The van der Waals surface area contributed by atoms with Gasteiger partial charge in [0.2, 0.25) is 0 Å². The van der Waals surface area contributed by atoms with E-state index in [1.807, 2.05) is 0 Å². The Morgan fingerprint density at radius 1 is 1.32 bits per heavy atom. The smallest absolute Gasteiger partial charge is 0.320 e. The molecule has 0 heterocycles. The molecule has 0 aromatic heterocycles. The van der Waals surface area contributed by atoms with Gasteiger partial charge in [-0.05, 0) is 18.8 Å². The van der Waals surface area contributed by atoms with E-state index < -0.39 is 41.9 Å². The van der Waals surface area contributed by atoms with Crippen molar-refractivity contribution in [1.29, 1.82) is 0 Å². The first-order valence-electron chi connectivity index (χ1n) is 7.85. The molecule has 2 rings (SSSR count). The van der Waals surface area contributed by atoms with Crippen LogP contribution in [0.4, 0.5) is 0 Å². The van der Waals surface area contributed by atoms with E-state index in [4.69, 9.17) is 0 Å². The topological polar surface area (TPSA) is 115 Å². The highest BCUT2D eigenvalue weighted by molar-refractivity contribution is 6.06. The molecule has 2 aliphatic rings. The summed E-state index contributed by atoms with van der Waals surface area (Å²) in [6.07, 6.45) is 5.86. The van der Waals surface area contributed by atoms with Crippen LogP contribution in [-0.4, -0.2) is 51.0 Å². The molecule has 6 heteroatoms. The van der Waals surface area contributed by atoms with Gasteiger partial charge in [-0.25, -0.2) is 0 Å². The molecule has 124 valence electrons. The average Bonchev–Trinajstić information content (AvgIpc) is 2.76. The van der Waals surface area contributed by atoms with Crippen molar-refractivity contribution in [2.24, 2.45) is 17.3 Å². The Hall–Kier alpha value is -1.24. The van der Waals surface area contributed by atoms with Crippen molar-refractivity contribution >= 4 is 11.8 Å². The van der Waals surface area contributed by atoms with Crippen molar-refractivity contribution in [3.05, 3.63) is 12.2 Å². The van der Waals surface area contributed by atoms with Gasteiger partial charge in [0, 0.05) is 12.3 Å². The largest absolute Gasteiger partial charge is 0.480 e. The van der Waals surface area contributed by atoms with E-state index in [-0.39, 0.29) is 12.3 Å². The molecule has 0 aliphatic heterocycles. The fourth-order valence-corrected chi connectivity index (χ4v) is 3.70. The first-order chi connectivity index (χ1) is 10.4. The standard InChI is InChI=1S/C16H24O6/c17-9-16(15(21)22)11(13(19)8-14(16)20)6-7-12(18)10-4-2-1-3-5-10/h6-7,10-13,17-19H,1-5,8-9H2,(H,21,22)/b7-6+/t11-,12+,13+,16?/m0/s1. The summed E-state index contributed by atoms with van der Waals surface area (Å²) in [4.78, 5) is 23.4. The number of rotatable bonds is 5. The van der Waals surface area contributed by atoms with E-state index in [2.05, 4.69) is 0 Å². The van der Waals surface area contributed by atoms with Crippen molar-refractivity contribution in [1.82, 2.24) is 0 Å². The molecule has 0 spiro atoms. The Labute approximate surface area is 129 Å². The maximum atomic E-state index is 11.9. The second-order valence-electron chi connectivity index (χ2n) is 6.43. The molecular weight excluding hydrogens is 288 g/mol. The maximum Gasteiger partial charge on any atom is 0.320 e. The fourth-order valence-electron chi connectivity index (χ4n) is 3.70. The number of aliphatic hydroxyl groups excluding tert-OH is 3. The number of carboxylic acid groups (broad SMARTS) is 1. The summed E-state index contributed by atoms with van der Waals surface area (Å²) in [7, 11) is 0. The third-order valence-electron chi connectivity index (χ3n) is 5.16. The summed E-state index contributed by atoms with van der Waals surface area (Å²) in [5.74, 6) is -2.98. The van der Waals surface area contributed by atoms with Gasteiger partial charge in [0.15, 0.2) is 11.2 Å². The van der Waals surface area contributed by atoms with Gasteiger partial charge in [0.25, 0.3) is 0 Å². The number of ketones is 1. The molecule has 2 saturated carbocycles. The lowest BCUT2D eigenvalue weighted by Gasteiger charge is -2.28. The van der Waals surface area contributed by atoms with E-state index in [9.17, 15) is 30.0 Å². The molecule has 0 aromatic rings. The highest BCUT2D eigenvalue weighted by Crippen LogP contribution is 2.42. The average molecular weight is 312 g/mol. The predicted molar refractivity (Wildman–Crippen MR) is 78.0 cm³/mol. The third-order valence-corrected chi connectivity index (χ3v) is 5.16. The second kappa shape index (κ2) is 6.89. The SMILES string of the molecule is O=C(O)C1(CO)C(=O)C[C@@H](O)[C@@H]1/C=C/[C@@H](O)C1CCCCC1. The second-order valence-corrected chi connectivity index (χ2v) is 6.43. The molecule has 4 atom stereocenters. The lowest BCUT2D eigenvalue weighted by atomic mass is 9.76. The van der Waals surface area contributed by atoms with Gasteiger partial charge in [-0.1, -0.05) is 31.4 Å². The Morgan fingerprint density at radius 2 is 1.95 bits per heavy atom. The van der Waals surface area contributed by atoms with Crippen molar-refractivity contribution in [2.45, 2.75) is 50.7 Å². The van der Waals surface area contributed by atoms with Gasteiger partial charge in [0.05, 0.1) is 18.8 Å². The molecule has 0 aromatic carbocycles. The van der Waals surface area contributed by atoms with E-state index in [1.165, 1.54) is 12.2 Å². The van der Waals surface area contributed by atoms with Crippen LogP contribution in [0.15, 0.2) is 12.2 Å². The van der Waals surface area contributed by atoms with Crippen LogP contribution in [0.2, 0.25) is 0 Å². The van der Waals surface area contributed by atoms with E-state index in [0.717, 1.165) is 32.1 Å². The summed E-state index contributed by atoms with van der Waals surface area (Å²) < 4.78 is 0. The van der Waals surface area contributed by atoms with E-state index in [0.29, 0.717) is 0 Å². The monoisotopic (exact) mass is 312 g/mol. The molecule has 22 heavy (non-hydrogen) atoms. The van der Waals surface area contributed by atoms with Crippen molar-refractivity contribution < 1.29 is 30.0 Å². The summed E-state index contributed by atoms with van der Waals surface area (Å²) in [6.45, 7) is -0.854. The fraction of sp³-hybridized carbons (Fsp3) is 0.750. The minimum absolute atomic E-state index is 0.132. The normalized spacial score (nSPS) is 35.1. The maximum absolute atomic E-state index is 11.9. The number of Topliss-reactive ketones (excluding diaryl/α,β-unsaturated/α-hetero) is 1. The Bertz CT molecular complexity index is 454. The molecule has 0 radical (unpaired) electrons. The minimum atomic E-state index is -2.00. The Balaban J connectivity index is 2.16. The van der Waals surface area contributed by atoms with Crippen LogP contribution >= 0.6 is 0 Å². The molecule has 0 amide bonds. The van der Waals surface area contributed by atoms with Gasteiger partial charge >= 0.3 is 5.97 Å². The first-order valence-corrected chi connectivity index (χ1v) is 7.85. The number of carbonyl (C=O) groups is 2. The molecule has 6 nitrogen and oxygen atoms in total. The molecule has 4 N–H and O–H groups in total. The van der Waals surface area contributed by atoms with Crippen LogP contribution in [-0.2, 0) is 9.59 Å². The van der Waals surface area contributed by atoms with Gasteiger partial charge in [-0.2, -0.15) is 0 Å². The van der Waals surface area contributed by atoms with Crippen molar-refractivity contribution in [3.63, 3.8) is 0 Å². The molecule has 1 unspecified atom stereocenters. The Morgan fingerprint density at radius 3 is 2.50 bits per heavy atom. The summed E-state index contributed by atoms with van der Waals surface area (Å²) in [5.41, 5.74) is -2.00. The van der Waals surface area contributed by atoms with Crippen LogP contribution in [0.5, 0.6) is 0 Å². The molecule has 2 fully saturated rings. The van der Waals surface area contributed by atoms with Crippen molar-refractivity contribution in [2.75, 3.05) is 6.61 Å². The van der Waals surface area contributed by atoms with Crippen LogP contribution in [0.3, 0.4) is 0 Å². The molecule has 0 bridgehead atoms. The third kappa shape index (κ3) is 2.95. The van der Waals surface area contributed by atoms with E-state index >= 15 is 0 Å². The van der Waals surface area contributed by atoms with Gasteiger partial charge < -0.3 is 20.4 Å². The number of carboxylic acids is 1. The van der Waals surface area contributed by atoms with Crippen molar-refractivity contribution in [3.8, 4) is 0 Å². The minimum Gasteiger partial charge on any atom is -0.480 e. The Kier molecular flexibility index (Phi) is 5.36. The quantitative estimate of drug-likeness (QED) is 0.434. The number of aliphatic carboxylic acids is 1. The first kappa shape index (κ1) is 17.1. The van der Waals surface area contributed by atoms with Gasteiger partial charge in [-0.3, -0.25) is 9.59 Å². The predicted octanol–water partition coefficient (Wildman–Crippen LogP) is 0.497. The van der Waals surface area contributed by atoms with Gasteiger partial charge in [-0.15, -0.1) is 0 Å². The van der Waals surface area contributed by atoms with Gasteiger partial charge in [0.1, 0.15) is 0 Å². The van der Waals surface area contributed by atoms with Crippen LogP contribution in [0, 0.1) is 17.3 Å². The van der Waals surface area contributed by atoms with Crippen LogP contribution < -0.4 is 0 Å². The summed E-state index contributed by atoms with van der Waals surface area (Å²) in [6, 6.07) is 0. The lowest BCUT2D eigenvalue weighted by molar-refractivity contribution is -0.158. The van der Waals surface area contributed by atoms with Crippen LogP contribution in [0.1, 0.15) is 38.5 Å². The number of hydrogen-bond donors (Lipinski definition) is 4. The highest BCUT2D eigenvalue weighted by Gasteiger charge is 2.58. The number of aliphatic hydroxyl groups is 3. The lowest BCUT2D eigenvalue weighted by Crippen LogP contribution is -2.45. The summed E-state index contributed by atoms with van der Waals surface area (Å²) >= 11 is 0. The molecule has 0 saturated heterocycles. The zero-order chi connectivity index (χ0) is 16.3. The zero-order valence-corrected chi connectivity index (χ0v) is 12.5. The number of carbonyl (C=O) groups excluding carboxylic acids is 1. The summed E-state index contributed by atoms with van der Waals surface area (Å²) in [5, 5.41) is 39.0. The molecule has 2 aliphatic carbocycles. The highest BCUT2D eigenvalue weighted by atomic mass is 16.4. The zero-order valence-electron chi connectivity index (χ0n) is 12.5. The molecular formula is C16H24O6. The number of hydrogen-bond acceptors (Lipinski definition) is 5. The van der Waals surface area contributed by atoms with E-state index in [1.54, 1.807) is 0 Å². The van der Waals surface area contributed by atoms with Crippen LogP contribution in [0.25, 0.3) is 0 Å².